The van der Waals surface area contributed by atoms with Gasteiger partial charge in [0.25, 0.3) is 0 Å². The largest absolute Gasteiger partial charge is 0.330 e. The minimum Gasteiger partial charge on any atom is -0.330 e. The predicted molar refractivity (Wildman–Crippen MR) is 84.4 cm³/mol. The van der Waals surface area contributed by atoms with Gasteiger partial charge in [-0.25, -0.2) is 0 Å². The van der Waals surface area contributed by atoms with Crippen LogP contribution in [0.1, 0.15) is 46.0 Å². The molecule has 0 spiro atoms. The van der Waals surface area contributed by atoms with E-state index in [4.69, 9.17) is 5.73 Å². The van der Waals surface area contributed by atoms with Crippen LogP contribution in [-0.2, 0) is 0 Å². The van der Waals surface area contributed by atoms with Crippen molar-refractivity contribution in [2.75, 3.05) is 46.3 Å². The first-order valence-corrected chi connectivity index (χ1v) is 8.24. The highest BCUT2D eigenvalue weighted by atomic mass is 15.2. The molecule has 0 radical (unpaired) electrons. The zero-order valence-electron chi connectivity index (χ0n) is 13.4. The van der Waals surface area contributed by atoms with Crippen LogP contribution in [0.5, 0.6) is 0 Å². The summed E-state index contributed by atoms with van der Waals surface area (Å²) >= 11 is 0. The zero-order valence-corrected chi connectivity index (χ0v) is 13.4. The molecule has 0 aromatic carbocycles. The van der Waals surface area contributed by atoms with Gasteiger partial charge in [0, 0.05) is 13.1 Å². The lowest BCUT2D eigenvalue weighted by atomic mass is 9.88. The number of likely N-dealkylation sites (tertiary alicyclic amines) is 1. The summed E-state index contributed by atoms with van der Waals surface area (Å²) in [5.41, 5.74) is 5.70. The Balaban J connectivity index is 2.06. The van der Waals surface area contributed by atoms with Gasteiger partial charge in [-0.2, -0.15) is 0 Å². The van der Waals surface area contributed by atoms with Gasteiger partial charge < -0.3 is 15.5 Å². The molecular formula is C16H35N3. The van der Waals surface area contributed by atoms with E-state index in [2.05, 4.69) is 30.7 Å². The Bertz CT molecular complexity index is 212. The molecule has 1 saturated heterocycles. The molecule has 3 nitrogen and oxygen atoms in total. The van der Waals surface area contributed by atoms with Crippen LogP contribution in [-0.4, -0.2) is 56.1 Å². The van der Waals surface area contributed by atoms with Crippen molar-refractivity contribution >= 4 is 0 Å². The minimum absolute atomic E-state index is 0.776. The molecule has 0 aromatic rings. The average molecular weight is 269 g/mol. The fraction of sp³-hybridized carbons (Fsp3) is 1.00. The van der Waals surface area contributed by atoms with E-state index in [1.54, 1.807) is 0 Å². The van der Waals surface area contributed by atoms with Crippen LogP contribution in [0.15, 0.2) is 0 Å². The van der Waals surface area contributed by atoms with E-state index in [1.807, 2.05) is 0 Å². The Morgan fingerprint density at radius 3 is 2.37 bits per heavy atom. The summed E-state index contributed by atoms with van der Waals surface area (Å²) in [6.07, 6.45) is 6.65. The van der Waals surface area contributed by atoms with Gasteiger partial charge in [-0.3, -0.25) is 0 Å². The molecule has 1 aliphatic rings. The van der Waals surface area contributed by atoms with E-state index in [-0.39, 0.29) is 0 Å². The number of hydrogen-bond donors (Lipinski definition) is 1. The Labute approximate surface area is 120 Å². The molecule has 3 heteroatoms. The van der Waals surface area contributed by atoms with Crippen LogP contribution < -0.4 is 5.73 Å². The van der Waals surface area contributed by atoms with Crippen LogP contribution in [0.2, 0.25) is 0 Å². The van der Waals surface area contributed by atoms with Crippen LogP contribution in [0.4, 0.5) is 0 Å². The smallest absolute Gasteiger partial charge is 0.0109 e. The Morgan fingerprint density at radius 2 is 1.79 bits per heavy atom. The molecule has 114 valence electrons. The first-order valence-electron chi connectivity index (χ1n) is 8.24. The molecule has 0 bridgehead atoms. The summed E-state index contributed by atoms with van der Waals surface area (Å²) in [6.45, 7) is 11.9. The topological polar surface area (TPSA) is 32.5 Å². The van der Waals surface area contributed by atoms with Gasteiger partial charge in [0.1, 0.15) is 0 Å². The number of hydrogen-bond acceptors (Lipinski definition) is 3. The van der Waals surface area contributed by atoms with Gasteiger partial charge in [-0.05, 0) is 77.2 Å². The second kappa shape index (κ2) is 9.73. The molecule has 1 aliphatic heterocycles. The van der Waals surface area contributed by atoms with Crippen LogP contribution in [0.3, 0.4) is 0 Å². The molecule has 0 saturated carbocycles. The molecule has 0 aliphatic carbocycles. The molecule has 0 aromatic heterocycles. The van der Waals surface area contributed by atoms with Crippen molar-refractivity contribution in [2.24, 2.45) is 17.6 Å². The zero-order chi connectivity index (χ0) is 14.1. The normalized spacial score (nSPS) is 18.6. The maximum atomic E-state index is 5.70. The van der Waals surface area contributed by atoms with E-state index in [0.29, 0.717) is 0 Å². The molecule has 1 atom stereocenters. The van der Waals surface area contributed by atoms with Gasteiger partial charge in [0.2, 0.25) is 0 Å². The second-order valence-corrected chi connectivity index (χ2v) is 6.58. The number of nitrogens with zero attached hydrogens (tertiary/aromatic N) is 2. The van der Waals surface area contributed by atoms with Gasteiger partial charge in [0.15, 0.2) is 0 Å². The monoisotopic (exact) mass is 269 g/mol. The third-order valence-corrected chi connectivity index (χ3v) is 4.59. The molecule has 1 rings (SSSR count). The van der Waals surface area contributed by atoms with Crippen LogP contribution in [0.25, 0.3) is 0 Å². The summed E-state index contributed by atoms with van der Waals surface area (Å²) in [7, 11) is 2.27. The summed E-state index contributed by atoms with van der Waals surface area (Å²) in [6, 6.07) is 0. The highest BCUT2D eigenvalue weighted by Gasteiger charge is 2.14. The van der Waals surface area contributed by atoms with Crippen molar-refractivity contribution in [3.63, 3.8) is 0 Å². The lowest BCUT2D eigenvalue weighted by Gasteiger charge is -2.24. The SMILES string of the molecule is CC(C)C(CCN)CCCN(C)CCN1CCCC1. The van der Waals surface area contributed by atoms with E-state index in [1.165, 1.54) is 64.8 Å². The first-order chi connectivity index (χ1) is 9.13. The molecule has 1 unspecified atom stereocenters. The van der Waals surface area contributed by atoms with Gasteiger partial charge in [0.05, 0.1) is 0 Å². The van der Waals surface area contributed by atoms with E-state index in [9.17, 15) is 0 Å². The standard InChI is InChI=1S/C16H35N3/c1-15(2)16(8-9-17)7-6-10-18(3)13-14-19-11-4-5-12-19/h15-16H,4-14,17H2,1-3H3. The summed E-state index contributed by atoms with van der Waals surface area (Å²) < 4.78 is 0. The molecule has 1 heterocycles. The maximum Gasteiger partial charge on any atom is 0.0109 e. The molecule has 19 heavy (non-hydrogen) atoms. The molecule has 2 N–H and O–H groups in total. The van der Waals surface area contributed by atoms with Crippen molar-refractivity contribution in [1.29, 1.82) is 0 Å². The Kier molecular flexibility index (Phi) is 8.67. The number of nitrogens with two attached hydrogens (primary N) is 1. The van der Waals surface area contributed by atoms with Gasteiger partial charge >= 0.3 is 0 Å². The van der Waals surface area contributed by atoms with E-state index < -0.39 is 0 Å². The lowest BCUT2D eigenvalue weighted by Crippen LogP contribution is -2.32. The fourth-order valence-corrected chi connectivity index (χ4v) is 3.08. The van der Waals surface area contributed by atoms with E-state index >= 15 is 0 Å². The Morgan fingerprint density at radius 1 is 1.11 bits per heavy atom. The third kappa shape index (κ3) is 7.28. The van der Waals surface area contributed by atoms with E-state index in [0.717, 1.165) is 18.4 Å². The molecular weight excluding hydrogens is 234 g/mol. The van der Waals surface area contributed by atoms with Crippen molar-refractivity contribution in [3.05, 3.63) is 0 Å². The summed E-state index contributed by atoms with van der Waals surface area (Å²) in [5.74, 6) is 1.59. The van der Waals surface area contributed by atoms with Crippen LogP contribution in [0, 0.1) is 11.8 Å². The molecule has 1 fully saturated rings. The maximum absolute atomic E-state index is 5.70. The minimum atomic E-state index is 0.776. The summed E-state index contributed by atoms with van der Waals surface area (Å²) in [5, 5.41) is 0. The lowest BCUT2D eigenvalue weighted by molar-refractivity contribution is 0.242. The predicted octanol–water partition coefficient (Wildman–Crippen LogP) is 2.42. The highest BCUT2D eigenvalue weighted by molar-refractivity contribution is 4.68. The summed E-state index contributed by atoms with van der Waals surface area (Å²) in [4.78, 5) is 5.10. The number of likely N-dealkylation sites (N-methyl/N-ethyl adjacent to an activating group) is 1. The number of rotatable bonds is 10. The van der Waals surface area contributed by atoms with Gasteiger partial charge in [-0.15, -0.1) is 0 Å². The third-order valence-electron chi connectivity index (χ3n) is 4.59. The quantitative estimate of drug-likeness (QED) is 0.661. The second-order valence-electron chi connectivity index (χ2n) is 6.58. The van der Waals surface area contributed by atoms with Crippen molar-refractivity contribution in [3.8, 4) is 0 Å². The van der Waals surface area contributed by atoms with Crippen molar-refractivity contribution in [1.82, 2.24) is 9.80 Å². The fourth-order valence-electron chi connectivity index (χ4n) is 3.08. The van der Waals surface area contributed by atoms with Gasteiger partial charge in [-0.1, -0.05) is 13.8 Å². The Hall–Kier alpha value is -0.120. The average Bonchev–Trinajstić information content (AvgIpc) is 2.88. The van der Waals surface area contributed by atoms with Crippen molar-refractivity contribution in [2.45, 2.75) is 46.0 Å². The van der Waals surface area contributed by atoms with Crippen molar-refractivity contribution < 1.29 is 0 Å². The highest BCUT2D eigenvalue weighted by Crippen LogP contribution is 2.20. The molecule has 0 amide bonds. The first kappa shape index (κ1) is 16.9. The van der Waals surface area contributed by atoms with Crippen LogP contribution >= 0.6 is 0 Å².